The molecule has 1 unspecified atom stereocenters. The summed E-state index contributed by atoms with van der Waals surface area (Å²) in [4.78, 5) is 33.8. The van der Waals surface area contributed by atoms with Crippen LogP contribution in [0.25, 0.3) is 5.76 Å². The Morgan fingerprint density at radius 1 is 1.09 bits per heavy atom. The Balaban J connectivity index is 1.78. The van der Waals surface area contributed by atoms with Crippen molar-refractivity contribution in [3.63, 3.8) is 0 Å². The van der Waals surface area contributed by atoms with Crippen molar-refractivity contribution in [2.45, 2.75) is 33.4 Å². The van der Waals surface area contributed by atoms with Gasteiger partial charge in [0.25, 0.3) is 11.7 Å². The zero-order valence-electron chi connectivity index (χ0n) is 19.5. The topological polar surface area (TPSA) is 95.1 Å². The van der Waals surface area contributed by atoms with Crippen molar-refractivity contribution in [3.8, 4) is 5.75 Å². The van der Waals surface area contributed by atoms with E-state index >= 15 is 0 Å². The van der Waals surface area contributed by atoms with Crippen molar-refractivity contribution in [2.75, 3.05) is 6.61 Å². The normalized spacial score (nSPS) is 17.4. The molecule has 1 saturated heterocycles. The molecule has 174 valence electrons. The van der Waals surface area contributed by atoms with Gasteiger partial charge in [0.05, 0.1) is 24.8 Å². The summed E-state index contributed by atoms with van der Waals surface area (Å²) in [6.07, 6.45) is 7.05. The Morgan fingerprint density at radius 3 is 2.44 bits per heavy atom. The minimum Gasteiger partial charge on any atom is -0.507 e. The lowest BCUT2D eigenvalue weighted by Crippen LogP contribution is -2.30. The molecule has 0 radical (unpaired) electrons. The minimum atomic E-state index is -0.728. The number of amides is 1. The molecule has 1 amide bonds. The van der Waals surface area contributed by atoms with Gasteiger partial charge in [-0.15, -0.1) is 0 Å². The molecular weight excluding hydrogens is 430 g/mol. The first-order chi connectivity index (χ1) is 16.4. The second-order valence-corrected chi connectivity index (χ2v) is 8.86. The van der Waals surface area contributed by atoms with E-state index in [9.17, 15) is 14.7 Å². The van der Waals surface area contributed by atoms with Gasteiger partial charge in [0, 0.05) is 28.8 Å². The first-order valence-corrected chi connectivity index (χ1v) is 11.3. The van der Waals surface area contributed by atoms with Crippen LogP contribution in [-0.4, -0.2) is 28.3 Å². The SMILES string of the molecule is Cc1cc(OCC(C)C)ccc1C(O)=C1C(=O)C(=O)N(Cc2ccc[nH+]c2)C1c1ccc[nH+]c1. The number of aliphatic hydroxyl groups is 1. The number of hydrogen-bond donors (Lipinski definition) is 1. The molecule has 1 aliphatic heterocycles. The number of hydrogen-bond acceptors (Lipinski definition) is 4. The van der Waals surface area contributed by atoms with Crippen molar-refractivity contribution >= 4 is 17.4 Å². The number of likely N-dealkylation sites (tertiary alicyclic amines) is 1. The number of ketones is 1. The highest BCUT2D eigenvalue weighted by Crippen LogP contribution is 2.40. The molecule has 1 atom stereocenters. The largest absolute Gasteiger partial charge is 0.507 e. The fourth-order valence-corrected chi connectivity index (χ4v) is 4.09. The lowest BCUT2D eigenvalue weighted by molar-refractivity contribution is -0.379. The quantitative estimate of drug-likeness (QED) is 0.333. The van der Waals surface area contributed by atoms with Gasteiger partial charge in [-0.05, 0) is 48.7 Å². The lowest BCUT2D eigenvalue weighted by atomic mass is 9.94. The lowest BCUT2D eigenvalue weighted by Gasteiger charge is -2.24. The molecule has 0 bridgehead atoms. The third kappa shape index (κ3) is 4.69. The Bertz CT molecular complexity index is 1220. The number of benzene rings is 1. The Hall–Kier alpha value is -4.00. The second-order valence-electron chi connectivity index (χ2n) is 8.86. The highest BCUT2D eigenvalue weighted by molar-refractivity contribution is 6.46. The number of Topliss-reactive ketones (excluding diaryl/α,β-unsaturated/α-hetero) is 1. The molecule has 0 aliphatic carbocycles. The monoisotopic (exact) mass is 459 g/mol. The van der Waals surface area contributed by atoms with E-state index in [1.807, 2.05) is 31.2 Å². The van der Waals surface area contributed by atoms with Gasteiger partial charge >= 0.3 is 0 Å². The maximum atomic E-state index is 13.2. The highest BCUT2D eigenvalue weighted by Gasteiger charge is 2.47. The Morgan fingerprint density at radius 2 is 1.82 bits per heavy atom. The zero-order valence-corrected chi connectivity index (χ0v) is 19.5. The molecule has 0 spiro atoms. The number of carbonyl (C=O) groups is 2. The fraction of sp³-hybridized carbons (Fsp3) is 0.259. The number of nitrogens with one attached hydrogen (secondary N) is 2. The number of carbonyl (C=O) groups excluding carboxylic acids is 2. The Kier molecular flexibility index (Phi) is 6.72. The molecule has 3 aromatic rings. The number of aromatic amines is 2. The van der Waals surface area contributed by atoms with E-state index in [0.717, 1.165) is 11.1 Å². The van der Waals surface area contributed by atoms with E-state index in [2.05, 4.69) is 23.8 Å². The molecule has 1 fully saturated rings. The van der Waals surface area contributed by atoms with Gasteiger partial charge in [0.1, 0.15) is 11.5 Å². The molecule has 4 rings (SSSR count). The summed E-state index contributed by atoms with van der Waals surface area (Å²) in [5.41, 5.74) is 2.87. The third-order valence-corrected chi connectivity index (χ3v) is 5.75. The highest BCUT2D eigenvalue weighted by atomic mass is 16.5. The van der Waals surface area contributed by atoms with E-state index in [0.29, 0.717) is 29.4 Å². The van der Waals surface area contributed by atoms with Crippen LogP contribution < -0.4 is 14.7 Å². The van der Waals surface area contributed by atoms with Crippen LogP contribution >= 0.6 is 0 Å². The third-order valence-electron chi connectivity index (χ3n) is 5.75. The molecule has 34 heavy (non-hydrogen) atoms. The zero-order chi connectivity index (χ0) is 24.2. The van der Waals surface area contributed by atoms with Crippen LogP contribution in [0.15, 0.2) is 72.8 Å². The van der Waals surface area contributed by atoms with Crippen molar-refractivity contribution < 1.29 is 29.4 Å². The van der Waals surface area contributed by atoms with Gasteiger partial charge in [-0.1, -0.05) is 13.8 Å². The first-order valence-electron chi connectivity index (χ1n) is 11.3. The summed E-state index contributed by atoms with van der Waals surface area (Å²) in [6.45, 7) is 6.79. The van der Waals surface area contributed by atoms with Crippen LogP contribution in [0.4, 0.5) is 0 Å². The summed E-state index contributed by atoms with van der Waals surface area (Å²) in [5, 5.41) is 11.3. The van der Waals surface area contributed by atoms with Gasteiger partial charge in [-0.25, -0.2) is 9.97 Å². The molecule has 7 heteroatoms. The van der Waals surface area contributed by atoms with E-state index < -0.39 is 17.7 Å². The predicted molar refractivity (Wildman–Crippen MR) is 125 cm³/mol. The minimum absolute atomic E-state index is 0.0726. The van der Waals surface area contributed by atoms with Gasteiger partial charge in [0.15, 0.2) is 24.8 Å². The number of H-pyrrole nitrogens is 2. The summed E-state index contributed by atoms with van der Waals surface area (Å²) in [6, 6.07) is 12.0. The van der Waals surface area contributed by atoms with Crippen LogP contribution in [0.5, 0.6) is 5.75 Å². The van der Waals surface area contributed by atoms with Crippen molar-refractivity contribution in [1.29, 1.82) is 0 Å². The predicted octanol–water partition coefficient (Wildman–Crippen LogP) is 3.28. The summed E-state index contributed by atoms with van der Waals surface area (Å²) in [7, 11) is 0. The number of pyridine rings is 2. The molecule has 2 aromatic heterocycles. The van der Waals surface area contributed by atoms with Crippen LogP contribution in [-0.2, 0) is 16.1 Å². The number of rotatable bonds is 7. The average Bonchev–Trinajstić information content (AvgIpc) is 3.08. The Labute approximate surface area is 198 Å². The van der Waals surface area contributed by atoms with Gasteiger partial charge in [0.2, 0.25) is 0 Å². The summed E-state index contributed by atoms with van der Waals surface area (Å²) < 4.78 is 5.79. The van der Waals surface area contributed by atoms with Gasteiger partial charge < -0.3 is 14.7 Å². The maximum Gasteiger partial charge on any atom is 0.295 e. The first kappa shape index (κ1) is 23.2. The van der Waals surface area contributed by atoms with Crippen LogP contribution in [0.2, 0.25) is 0 Å². The van der Waals surface area contributed by atoms with E-state index in [4.69, 9.17) is 4.74 Å². The smallest absolute Gasteiger partial charge is 0.295 e. The van der Waals surface area contributed by atoms with Crippen molar-refractivity contribution in [3.05, 3.63) is 95.1 Å². The number of ether oxygens (including phenoxy) is 1. The molecule has 1 aromatic carbocycles. The number of nitrogens with zero attached hydrogens (tertiary/aromatic N) is 1. The number of aliphatic hydroxyl groups excluding tert-OH is 1. The van der Waals surface area contributed by atoms with Crippen molar-refractivity contribution in [2.24, 2.45) is 5.92 Å². The van der Waals surface area contributed by atoms with Gasteiger partial charge in [-0.3, -0.25) is 9.59 Å². The van der Waals surface area contributed by atoms with Gasteiger partial charge in [-0.2, -0.15) is 0 Å². The molecule has 1 aliphatic rings. The maximum absolute atomic E-state index is 13.2. The number of aromatic nitrogens is 2. The fourth-order valence-electron chi connectivity index (χ4n) is 4.09. The molecule has 7 nitrogen and oxygen atoms in total. The average molecular weight is 460 g/mol. The molecule has 3 heterocycles. The van der Waals surface area contributed by atoms with E-state index in [-0.39, 0.29) is 17.9 Å². The summed E-state index contributed by atoms with van der Waals surface area (Å²) >= 11 is 0. The molecule has 0 saturated carbocycles. The van der Waals surface area contributed by atoms with Crippen LogP contribution in [0.1, 0.15) is 42.1 Å². The van der Waals surface area contributed by atoms with Crippen LogP contribution in [0, 0.1) is 12.8 Å². The molecular formula is C27H29N3O4+2. The standard InChI is InChI=1S/C27H27N3O4/c1-17(2)16-34-21-8-9-22(18(3)12-21)25(31)23-24(20-7-5-11-29-14-20)30(27(33)26(23)32)15-19-6-4-10-28-13-19/h4-14,17,24,31H,15-16H2,1-3H3/p+2. The van der Waals surface area contributed by atoms with E-state index in [1.165, 1.54) is 4.90 Å². The summed E-state index contributed by atoms with van der Waals surface area (Å²) in [5.74, 6) is -0.464. The van der Waals surface area contributed by atoms with Crippen molar-refractivity contribution in [1.82, 2.24) is 4.90 Å². The second kappa shape index (κ2) is 9.87. The number of aryl methyl sites for hydroxylation is 1. The van der Waals surface area contributed by atoms with Crippen LogP contribution in [0.3, 0.4) is 0 Å². The van der Waals surface area contributed by atoms with E-state index in [1.54, 1.807) is 43.0 Å². The molecule has 3 N–H and O–H groups in total.